The van der Waals surface area contributed by atoms with Crippen LogP contribution < -0.4 is 10.1 Å². The van der Waals surface area contributed by atoms with Crippen molar-refractivity contribution in [2.45, 2.75) is 13.8 Å². The van der Waals surface area contributed by atoms with Gasteiger partial charge in [0.15, 0.2) is 0 Å². The van der Waals surface area contributed by atoms with E-state index in [1.807, 2.05) is 80.6 Å². The molecule has 1 N–H and O–H groups in total. The summed E-state index contributed by atoms with van der Waals surface area (Å²) < 4.78 is 6.78. The maximum absolute atomic E-state index is 12.4. The highest BCUT2D eigenvalue weighted by Gasteiger charge is 2.09. The van der Waals surface area contributed by atoms with E-state index in [0.29, 0.717) is 11.3 Å². The Labute approximate surface area is 155 Å². The standard InChI is InChI=1S/C21H18BrNO2/c1-14-3-4-15(2)20(13-14)21(24)23-17-7-11-19(12-8-17)25-18-9-5-16(22)6-10-18/h3-13H,1-2H3,(H,23,24). The lowest BCUT2D eigenvalue weighted by Crippen LogP contribution is -2.13. The Balaban J connectivity index is 1.69. The number of anilines is 1. The summed E-state index contributed by atoms with van der Waals surface area (Å²) in [6.45, 7) is 3.91. The van der Waals surface area contributed by atoms with E-state index in [0.717, 1.165) is 27.0 Å². The number of aryl methyl sites for hydroxylation is 2. The molecule has 3 nitrogen and oxygen atoms in total. The highest BCUT2D eigenvalue weighted by atomic mass is 79.9. The fourth-order valence-electron chi connectivity index (χ4n) is 2.42. The summed E-state index contributed by atoms with van der Waals surface area (Å²) in [6, 6.07) is 20.8. The van der Waals surface area contributed by atoms with Gasteiger partial charge in [-0.2, -0.15) is 0 Å². The number of hydrogen-bond donors (Lipinski definition) is 1. The van der Waals surface area contributed by atoms with Gasteiger partial charge in [-0.05, 0) is 74.0 Å². The van der Waals surface area contributed by atoms with Crippen molar-refractivity contribution in [3.05, 3.63) is 87.9 Å². The number of hydrogen-bond acceptors (Lipinski definition) is 2. The molecule has 0 aromatic heterocycles. The van der Waals surface area contributed by atoms with Crippen LogP contribution in [-0.2, 0) is 0 Å². The van der Waals surface area contributed by atoms with Crippen LogP contribution in [0.3, 0.4) is 0 Å². The molecule has 0 atom stereocenters. The highest BCUT2D eigenvalue weighted by Crippen LogP contribution is 2.25. The number of amides is 1. The van der Waals surface area contributed by atoms with E-state index in [-0.39, 0.29) is 5.91 Å². The van der Waals surface area contributed by atoms with E-state index in [1.54, 1.807) is 0 Å². The van der Waals surface area contributed by atoms with Crippen LogP contribution in [0, 0.1) is 13.8 Å². The van der Waals surface area contributed by atoms with E-state index in [2.05, 4.69) is 21.2 Å². The maximum atomic E-state index is 12.4. The van der Waals surface area contributed by atoms with Gasteiger partial charge in [-0.1, -0.05) is 33.6 Å². The third-order valence-corrected chi connectivity index (χ3v) is 4.33. The number of rotatable bonds is 4. The van der Waals surface area contributed by atoms with Crippen LogP contribution in [0.4, 0.5) is 5.69 Å². The molecular formula is C21H18BrNO2. The molecular weight excluding hydrogens is 378 g/mol. The molecule has 0 saturated heterocycles. The minimum Gasteiger partial charge on any atom is -0.457 e. The van der Waals surface area contributed by atoms with Crippen LogP contribution in [0.15, 0.2) is 71.2 Å². The van der Waals surface area contributed by atoms with Crippen LogP contribution >= 0.6 is 15.9 Å². The fourth-order valence-corrected chi connectivity index (χ4v) is 2.69. The largest absolute Gasteiger partial charge is 0.457 e. The molecule has 25 heavy (non-hydrogen) atoms. The second-order valence-electron chi connectivity index (χ2n) is 5.85. The van der Waals surface area contributed by atoms with Gasteiger partial charge in [0.05, 0.1) is 0 Å². The summed E-state index contributed by atoms with van der Waals surface area (Å²) in [4.78, 5) is 12.4. The van der Waals surface area contributed by atoms with Gasteiger partial charge in [-0.15, -0.1) is 0 Å². The summed E-state index contributed by atoms with van der Waals surface area (Å²) in [5.74, 6) is 1.37. The highest BCUT2D eigenvalue weighted by molar-refractivity contribution is 9.10. The first-order valence-corrected chi connectivity index (χ1v) is 8.73. The molecule has 126 valence electrons. The molecule has 3 aromatic carbocycles. The van der Waals surface area contributed by atoms with Crippen LogP contribution in [-0.4, -0.2) is 5.91 Å². The number of halogens is 1. The van der Waals surface area contributed by atoms with Crippen molar-refractivity contribution in [3.8, 4) is 11.5 Å². The smallest absolute Gasteiger partial charge is 0.255 e. The Morgan fingerprint density at radius 1 is 0.880 bits per heavy atom. The van der Waals surface area contributed by atoms with E-state index in [1.165, 1.54) is 0 Å². The lowest BCUT2D eigenvalue weighted by Gasteiger charge is -2.10. The van der Waals surface area contributed by atoms with Crippen LogP contribution in [0.2, 0.25) is 0 Å². The summed E-state index contributed by atoms with van der Waals surface area (Å²) >= 11 is 3.40. The van der Waals surface area contributed by atoms with Crippen molar-refractivity contribution in [1.29, 1.82) is 0 Å². The number of carbonyl (C=O) groups is 1. The molecule has 0 unspecified atom stereocenters. The zero-order valence-electron chi connectivity index (χ0n) is 14.0. The summed E-state index contributed by atoms with van der Waals surface area (Å²) in [5, 5.41) is 2.92. The van der Waals surface area contributed by atoms with Gasteiger partial charge in [0.25, 0.3) is 5.91 Å². The molecule has 0 radical (unpaired) electrons. The van der Waals surface area contributed by atoms with Gasteiger partial charge in [0, 0.05) is 15.7 Å². The molecule has 0 saturated carbocycles. The third kappa shape index (κ3) is 4.48. The van der Waals surface area contributed by atoms with E-state index in [9.17, 15) is 4.79 Å². The second-order valence-corrected chi connectivity index (χ2v) is 6.77. The number of carbonyl (C=O) groups excluding carboxylic acids is 1. The van der Waals surface area contributed by atoms with Crippen LogP contribution in [0.1, 0.15) is 21.5 Å². The number of benzene rings is 3. The molecule has 0 fully saturated rings. The minimum atomic E-state index is -0.109. The topological polar surface area (TPSA) is 38.3 Å². The Morgan fingerprint density at radius 2 is 1.48 bits per heavy atom. The normalized spacial score (nSPS) is 10.4. The Bertz CT molecular complexity index is 887. The van der Waals surface area contributed by atoms with Crippen LogP contribution in [0.5, 0.6) is 11.5 Å². The van der Waals surface area contributed by atoms with Crippen molar-refractivity contribution < 1.29 is 9.53 Å². The number of ether oxygens (including phenoxy) is 1. The van der Waals surface area contributed by atoms with Gasteiger partial charge in [-0.25, -0.2) is 0 Å². The molecule has 0 heterocycles. The molecule has 0 aliphatic rings. The van der Waals surface area contributed by atoms with Crippen molar-refractivity contribution in [2.24, 2.45) is 0 Å². The summed E-state index contributed by atoms with van der Waals surface area (Å²) in [5.41, 5.74) is 3.44. The molecule has 3 rings (SSSR count). The predicted molar refractivity (Wildman–Crippen MR) is 105 cm³/mol. The van der Waals surface area contributed by atoms with Gasteiger partial charge in [-0.3, -0.25) is 4.79 Å². The van der Waals surface area contributed by atoms with Gasteiger partial charge in [0.2, 0.25) is 0 Å². The monoisotopic (exact) mass is 395 g/mol. The molecule has 0 spiro atoms. The van der Waals surface area contributed by atoms with Gasteiger partial charge < -0.3 is 10.1 Å². The molecule has 3 aromatic rings. The first-order chi connectivity index (χ1) is 12.0. The van der Waals surface area contributed by atoms with E-state index >= 15 is 0 Å². The predicted octanol–water partition coefficient (Wildman–Crippen LogP) is 6.11. The van der Waals surface area contributed by atoms with Gasteiger partial charge in [0.1, 0.15) is 11.5 Å². The average molecular weight is 396 g/mol. The molecule has 0 aliphatic heterocycles. The van der Waals surface area contributed by atoms with E-state index < -0.39 is 0 Å². The van der Waals surface area contributed by atoms with Gasteiger partial charge >= 0.3 is 0 Å². The average Bonchev–Trinajstić information content (AvgIpc) is 2.60. The molecule has 1 amide bonds. The third-order valence-electron chi connectivity index (χ3n) is 3.80. The van der Waals surface area contributed by atoms with Crippen molar-refractivity contribution in [2.75, 3.05) is 5.32 Å². The minimum absolute atomic E-state index is 0.109. The first kappa shape index (κ1) is 17.2. The van der Waals surface area contributed by atoms with Crippen molar-refractivity contribution in [1.82, 2.24) is 0 Å². The van der Waals surface area contributed by atoms with Crippen molar-refractivity contribution >= 4 is 27.5 Å². The lowest BCUT2D eigenvalue weighted by atomic mass is 10.1. The maximum Gasteiger partial charge on any atom is 0.255 e. The molecule has 4 heteroatoms. The zero-order chi connectivity index (χ0) is 17.8. The summed E-state index contributed by atoms with van der Waals surface area (Å²) in [7, 11) is 0. The zero-order valence-corrected chi connectivity index (χ0v) is 15.6. The fraction of sp³-hybridized carbons (Fsp3) is 0.0952. The Hall–Kier alpha value is -2.59. The SMILES string of the molecule is Cc1ccc(C)c(C(=O)Nc2ccc(Oc3ccc(Br)cc3)cc2)c1. The number of nitrogens with one attached hydrogen (secondary N) is 1. The molecule has 0 bridgehead atoms. The molecule has 0 aliphatic carbocycles. The first-order valence-electron chi connectivity index (χ1n) is 7.93. The second kappa shape index (κ2) is 7.53. The summed E-state index contributed by atoms with van der Waals surface area (Å²) in [6.07, 6.45) is 0. The Morgan fingerprint density at radius 3 is 2.12 bits per heavy atom. The Kier molecular flexibility index (Phi) is 5.19. The lowest BCUT2D eigenvalue weighted by molar-refractivity contribution is 0.102. The van der Waals surface area contributed by atoms with Crippen molar-refractivity contribution in [3.63, 3.8) is 0 Å². The van der Waals surface area contributed by atoms with Crippen LogP contribution in [0.25, 0.3) is 0 Å². The van der Waals surface area contributed by atoms with E-state index in [4.69, 9.17) is 4.74 Å². The quantitative estimate of drug-likeness (QED) is 0.578.